The summed E-state index contributed by atoms with van der Waals surface area (Å²) in [6.45, 7) is 0.617. The molecule has 4 aromatic rings. The summed E-state index contributed by atoms with van der Waals surface area (Å²) >= 11 is 6.12. The Labute approximate surface area is 225 Å². The molecule has 38 heavy (non-hydrogen) atoms. The van der Waals surface area contributed by atoms with Gasteiger partial charge in [0, 0.05) is 13.1 Å². The SMILES string of the molecule is O=C(O)Cc1ccccc1-c1ccc(CN(CCCc2ccccc2)C(=O)c2cc(F)c(F)cc2Cl)cc1. The minimum absolute atomic E-state index is 0.0867. The van der Waals surface area contributed by atoms with Gasteiger partial charge < -0.3 is 10.0 Å². The lowest BCUT2D eigenvalue weighted by atomic mass is 9.97. The molecule has 0 aromatic heterocycles. The summed E-state index contributed by atoms with van der Waals surface area (Å²) in [5, 5.41) is 9.09. The summed E-state index contributed by atoms with van der Waals surface area (Å²) in [7, 11) is 0. The van der Waals surface area contributed by atoms with Crippen LogP contribution in [0.4, 0.5) is 8.78 Å². The first-order valence-electron chi connectivity index (χ1n) is 12.2. The maximum atomic E-state index is 14.0. The van der Waals surface area contributed by atoms with Crippen molar-refractivity contribution in [3.63, 3.8) is 0 Å². The van der Waals surface area contributed by atoms with Crippen molar-refractivity contribution in [3.05, 3.63) is 130 Å². The van der Waals surface area contributed by atoms with Crippen molar-refractivity contribution in [1.82, 2.24) is 4.90 Å². The fourth-order valence-electron chi connectivity index (χ4n) is 4.36. The van der Waals surface area contributed by atoms with E-state index in [2.05, 4.69) is 0 Å². The molecule has 1 N–H and O–H groups in total. The lowest BCUT2D eigenvalue weighted by molar-refractivity contribution is -0.136. The maximum absolute atomic E-state index is 14.0. The zero-order valence-corrected chi connectivity index (χ0v) is 21.3. The number of hydrogen-bond donors (Lipinski definition) is 1. The van der Waals surface area contributed by atoms with E-state index in [-0.39, 0.29) is 23.6 Å². The third-order valence-electron chi connectivity index (χ3n) is 6.26. The van der Waals surface area contributed by atoms with Gasteiger partial charge in [0.2, 0.25) is 0 Å². The minimum atomic E-state index is -1.13. The molecule has 0 radical (unpaired) electrons. The molecule has 0 aliphatic carbocycles. The smallest absolute Gasteiger partial charge is 0.307 e. The van der Waals surface area contributed by atoms with E-state index in [0.29, 0.717) is 18.5 Å². The van der Waals surface area contributed by atoms with Crippen LogP contribution in [0, 0.1) is 11.6 Å². The molecule has 0 spiro atoms. The van der Waals surface area contributed by atoms with Crippen LogP contribution < -0.4 is 0 Å². The molecule has 194 valence electrons. The third-order valence-corrected chi connectivity index (χ3v) is 6.57. The molecule has 0 bridgehead atoms. The van der Waals surface area contributed by atoms with E-state index >= 15 is 0 Å². The van der Waals surface area contributed by atoms with Crippen LogP contribution in [0.5, 0.6) is 0 Å². The van der Waals surface area contributed by atoms with Gasteiger partial charge in [-0.25, -0.2) is 8.78 Å². The van der Waals surface area contributed by atoms with Crippen molar-refractivity contribution in [3.8, 4) is 11.1 Å². The molecule has 4 nitrogen and oxygen atoms in total. The van der Waals surface area contributed by atoms with Crippen molar-refractivity contribution in [2.45, 2.75) is 25.8 Å². The summed E-state index contributed by atoms with van der Waals surface area (Å²) in [5.41, 5.74) is 4.26. The standard InChI is InChI=1S/C31H26ClF2NO3/c32-27-19-29(34)28(33)18-26(27)31(38)35(16-6-9-21-7-2-1-3-8-21)20-22-12-14-23(15-13-22)25-11-5-4-10-24(25)17-30(36)37/h1-5,7-8,10-15,18-19H,6,9,16-17,20H2,(H,36,37). The highest BCUT2D eigenvalue weighted by Crippen LogP contribution is 2.26. The van der Waals surface area contributed by atoms with Crippen molar-refractivity contribution < 1.29 is 23.5 Å². The second-order valence-corrected chi connectivity index (χ2v) is 9.39. The number of carboxylic acid groups (broad SMARTS) is 1. The number of amides is 1. The molecular formula is C31H26ClF2NO3. The largest absolute Gasteiger partial charge is 0.481 e. The van der Waals surface area contributed by atoms with Gasteiger partial charge in [0.25, 0.3) is 5.91 Å². The number of carbonyl (C=O) groups excluding carboxylic acids is 1. The minimum Gasteiger partial charge on any atom is -0.481 e. The van der Waals surface area contributed by atoms with Crippen LogP contribution in [0.2, 0.25) is 5.02 Å². The molecule has 0 saturated heterocycles. The van der Waals surface area contributed by atoms with E-state index in [1.54, 1.807) is 17.0 Å². The van der Waals surface area contributed by atoms with Crippen molar-refractivity contribution in [2.24, 2.45) is 0 Å². The van der Waals surface area contributed by atoms with E-state index in [0.717, 1.165) is 40.8 Å². The first-order chi connectivity index (χ1) is 18.3. The number of benzene rings is 4. The molecule has 0 unspecified atom stereocenters. The first kappa shape index (κ1) is 27.0. The van der Waals surface area contributed by atoms with Crippen LogP contribution in [0.1, 0.15) is 33.5 Å². The molecule has 0 aliphatic heterocycles. The van der Waals surface area contributed by atoms with E-state index < -0.39 is 23.5 Å². The molecular weight excluding hydrogens is 508 g/mol. The number of aryl methyl sites for hydroxylation is 1. The van der Waals surface area contributed by atoms with Crippen LogP contribution in [-0.2, 0) is 24.2 Å². The Kier molecular flexibility index (Phi) is 8.87. The summed E-state index contributed by atoms with van der Waals surface area (Å²) < 4.78 is 27.6. The van der Waals surface area contributed by atoms with Gasteiger partial charge in [0.05, 0.1) is 17.0 Å². The molecule has 0 atom stereocenters. The predicted octanol–water partition coefficient (Wildman–Crippen LogP) is 7.19. The molecule has 0 fully saturated rings. The maximum Gasteiger partial charge on any atom is 0.307 e. The van der Waals surface area contributed by atoms with Crippen molar-refractivity contribution in [1.29, 1.82) is 0 Å². The predicted molar refractivity (Wildman–Crippen MR) is 144 cm³/mol. The average molecular weight is 534 g/mol. The monoisotopic (exact) mass is 533 g/mol. The van der Waals surface area contributed by atoms with Crippen molar-refractivity contribution >= 4 is 23.5 Å². The molecule has 4 aromatic carbocycles. The van der Waals surface area contributed by atoms with Gasteiger partial charge in [0.15, 0.2) is 11.6 Å². The summed E-state index contributed by atoms with van der Waals surface area (Å²) in [6, 6.07) is 26.4. The van der Waals surface area contributed by atoms with Gasteiger partial charge in [-0.3, -0.25) is 9.59 Å². The van der Waals surface area contributed by atoms with Crippen LogP contribution in [0.25, 0.3) is 11.1 Å². The van der Waals surface area contributed by atoms with Crippen LogP contribution in [-0.4, -0.2) is 28.4 Å². The fraction of sp³-hybridized carbons (Fsp3) is 0.161. The average Bonchev–Trinajstić information content (AvgIpc) is 2.91. The Bertz CT molecular complexity index is 1430. The van der Waals surface area contributed by atoms with Crippen LogP contribution in [0.15, 0.2) is 91.0 Å². The number of carbonyl (C=O) groups is 2. The summed E-state index contributed by atoms with van der Waals surface area (Å²) in [4.78, 5) is 26.2. The number of halogens is 3. The Morgan fingerprint density at radius 2 is 1.47 bits per heavy atom. The molecule has 1 amide bonds. The number of carboxylic acids is 1. The summed E-state index contributed by atoms with van der Waals surface area (Å²) in [5.74, 6) is -3.64. The molecule has 7 heteroatoms. The van der Waals surface area contributed by atoms with Crippen LogP contribution >= 0.6 is 11.6 Å². The third kappa shape index (κ3) is 6.84. The number of nitrogens with zero attached hydrogens (tertiary/aromatic N) is 1. The highest BCUT2D eigenvalue weighted by atomic mass is 35.5. The molecule has 0 saturated carbocycles. The Hall–Kier alpha value is -4.03. The molecule has 0 aliphatic rings. The Morgan fingerprint density at radius 1 is 0.816 bits per heavy atom. The number of aliphatic carboxylic acids is 1. The lowest BCUT2D eigenvalue weighted by Crippen LogP contribution is -2.32. The Balaban J connectivity index is 1.56. The molecule has 0 heterocycles. The highest BCUT2D eigenvalue weighted by Gasteiger charge is 2.21. The molecule has 4 rings (SSSR count). The quantitative estimate of drug-likeness (QED) is 0.219. The summed E-state index contributed by atoms with van der Waals surface area (Å²) in [6.07, 6.45) is 1.32. The van der Waals surface area contributed by atoms with Gasteiger partial charge in [-0.05, 0) is 52.8 Å². The van der Waals surface area contributed by atoms with Gasteiger partial charge in [-0.15, -0.1) is 0 Å². The second kappa shape index (κ2) is 12.5. The zero-order valence-electron chi connectivity index (χ0n) is 20.5. The number of rotatable bonds is 10. The lowest BCUT2D eigenvalue weighted by Gasteiger charge is -2.24. The van der Waals surface area contributed by atoms with E-state index in [1.165, 1.54) is 0 Å². The van der Waals surface area contributed by atoms with E-state index in [1.807, 2.05) is 66.7 Å². The topological polar surface area (TPSA) is 57.6 Å². The van der Waals surface area contributed by atoms with E-state index in [9.17, 15) is 23.5 Å². The first-order valence-corrected chi connectivity index (χ1v) is 12.6. The Morgan fingerprint density at radius 3 is 2.18 bits per heavy atom. The highest BCUT2D eigenvalue weighted by molar-refractivity contribution is 6.33. The normalized spacial score (nSPS) is 10.8. The van der Waals surface area contributed by atoms with Gasteiger partial charge in [-0.1, -0.05) is 90.5 Å². The van der Waals surface area contributed by atoms with Crippen molar-refractivity contribution in [2.75, 3.05) is 6.54 Å². The number of hydrogen-bond acceptors (Lipinski definition) is 2. The van der Waals surface area contributed by atoms with Gasteiger partial charge >= 0.3 is 5.97 Å². The van der Waals surface area contributed by atoms with Gasteiger partial charge in [-0.2, -0.15) is 0 Å². The zero-order chi connectivity index (χ0) is 27.1. The van der Waals surface area contributed by atoms with Crippen LogP contribution in [0.3, 0.4) is 0 Å². The second-order valence-electron chi connectivity index (χ2n) is 8.99. The van der Waals surface area contributed by atoms with Gasteiger partial charge in [0.1, 0.15) is 0 Å². The fourth-order valence-corrected chi connectivity index (χ4v) is 4.59. The van der Waals surface area contributed by atoms with E-state index in [4.69, 9.17) is 11.6 Å².